The number of rotatable bonds is 8. The highest BCUT2D eigenvalue weighted by atomic mass is 19.4. The molecular formula is C19H24F6N4O5. The summed E-state index contributed by atoms with van der Waals surface area (Å²) in [6.07, 6.45) is -9.89. The van der Waals surface area contributed by atoms with Gasteiger partial charge in [-0.25, -0.2) is 0 Å². The molecule has 2 heterocycles. The Bertz CT molecular complexity index is 830. The molecule has 0 bridgehead atoms. The molecule has 9 nitrogen and oxygen atoms in total. The zero-order valence-electron chi connectivity index (χ0n) is 17.9. The molecule has 1 saturated heterocycles. The van der Waals surface area contributed by atoms with E-state index in [1.54, 1.807) is 0 Å². The van der Waals surface area contributed by atoms with Crippen LogP contribution in [0.4, 0.5) is 32.4 Å². The third-order valence-electron chi connectivity index (χ3n) is 6.11. The molecule has 0 aromatic carbocycles. The smallest absolute Gasteiger partial charge is 0.408 e. The van der Waals surface area contributed by atoms with Gasteiger partial charge in [-0.2, -0.15) is 0 Å². The van der Waals surface area contributed by atoms with Gasteiger partial charge in [0.25, 0.3) is 0 Å². The molecule has 3 aliphatic rings. The molecule has 1 aliphatic heterocycles. The zero-order valence-corrected chi connectivity index (χ0v) is 17.9. The van der Waals surface area contributed by atoms with Crippen LogP contribution < -0.4 is 10.2 Å². The number of hydrogen-bond acceptors (Lipinski definition) is 8. The van der Waals surface area contributed by atoms with Gasteiger partial charge in [-0.05, 0) is 25.7 Å². The highest BCUT2D eigenvalue weighted by molar-refractivity contribution is 5.77. The minimum Gasteiger partial charge on any atom is -0.408 e. The first-order valence-corrected chi connectivity index (χ1v) is 10.9. The number of anilines is 1. The number of aromatic nitrogens is 2. The summed E-state index contributed by atoms with van der Waals surface area (Å²) in [6.45, 7) is 0.811. The second kappa shape index (κ2) is 9.85. The molecule has 0 unspecified atom stereocenters. The lowest BCUT2D eigenvalue weighted by Crippen LogP contribution is -2.47. The average molecular weight is 502 g/mol. The number of amides is 1. The van der Waals surface area contributed by atoms with Crippen LogP contribution in [-0.4, -0.2) is 72.9 Å². The SMILES string of the molecule is O=C(CO[C@H]1C[C@H](OC(F)(F)F)C1)NC1CCN(c2nnc([C@H]3C[C@H](OC(F)(F)F)C3)o2)CC1. The van der Waals surface area contributed by atoms with Crippen LogP contribution in [0.2, 0.25) is 0 Å². The van der Waals surface area contributed by atoms with E-state index >= 15 is 0 Å². The van der Waals surface area contributed by atoms with E-state index < -0.39 is 31.0 Å². The molecule has 1 aromatic rings. The van der Waals surface area contributed by atoms with Crippen LogP contribution >= 0.6 is 0 Å². The van der Waals surface area contributed by atoms with Crippen LogP contribution in [-0.2, 0) is 19.0 Å². The maximum atomic E-state index is 12.2. The standard InChI is InChI=1S/C19H24F6N4O5/c20-18(21,22)33-13-5-10(6-13)16-27-28-17(32-16)29-3-1-11(2-4-29)26-15(30)9-31-12-7-14(8-12)34-19(23,24)25/h10-14H,1-9H2,(H,26,30)/t10-,12-,13-,14-. The molecule has 2 aliphatic carbocycles. The van der Waals surface area contributed by atoms with Crippen LogP contribution in [0.3, 0.4) is 0 Å². The van der Waals surface area contributed by atoms with Crippen molar-refractivity contribution in [3.63, 3.8) is 0 Å². The van der Waals surface area contributed by atoms with Crippen LogP contribution in [0, 0.1) is 0 Å². The van der Waals surface area contributed by atoms with E-state index in [1.165, 1.54) is 0 Å². The molecule has 2 saturated carbocycles. The average Bonchev–Trinajstić information content (AvgIpc) is 3.14. The fraction of sp³-hybridized carbons (Fsp3) is 0.842. The number of nitrogens with zero attached hydrogens (tertiary/aromatic N) is 3. The van der Waals surface area contributed by atoms with E-state index in [2.05, 4.69) is 25.0 Å². The minimum atomic E-state index is -4.67. The summed E-state index contributed by atoms with van der Waals surface area (Å²) in [6, 6.07) is 0.174. The third kappa shape index (κ3) is 6.95. The summed E-state index contributed by atoms with van der Waals surface area (Å²) in [7, 11) is 0. The highest BCUT2D eigenvalue weighted by Crippen LogP contribution is 2.41. The van der Waals surface area contributed by atoms with Crippen LogP contribution in [0.25, 0.3) is 0 Å². The van der Waals surface area contributed by atoms with Crippen molar-refractivity contribution in [2.75, 3.05) is 24.6 Å². The summed E-state index contributed by atoms with van der Waals surface area (Å²) >= 11 is 0. The Balaban J connectivity index is 1.11. The molecular weight excluding hydrogens is 478 g/mol. The number of piperidine rings is 1. The van der Waals surface area contributed by atoms with Gasteiger partial charge in [0.2, 0.25) is 11.8 Å². The van der Waals surface area contributed by atoms with Crippen LogP contribution in [0.1, 0.15) is 50.3 Å². The summed E-state index contributed by atoms with van der Waals surface area (Å²) < 4.78 is 91.8. The first kappa shape index (κ1) is 25.0. The fourth-order valence-corrected chi connectivity index (χ4v) is 4.19. The first-order chi connectivity index (χ1) is 15.9. The minimum absolute atomic E-state index is 0.0915. The number of carbonyl (C=O) groups excluding carboxylic acids is 1. The lowest BCUT2D eigenvalue weighted by atomic mass is 9.82. The number of ether oxygens (including phenoxy) is 3. The van der Waals surface area contributed by atoms with E-state index in [9.17, 15) is 31.1 Å². The topological polar surface area (TPSA) is 99.0 Å². The Morgan fingerprint density at radius 3 is 2.12 bits per heavy atom. The predicted molar refractivity (Wildman–Crippen MR) is 100 cm³/mol. The third-order valence-corrected chi connectivity index (χ3v) is 6.11. The van der Waals surface area contributed by atoms with Crippen molar-refractivity contribution >= 4 is 11.9 Å². The molecule has 1 aromatic heterocycles. The largest absolute Gasteiger partial charge is 0.522 e. The van der Waals surface area contributed by atoms with Gasteiger partial charge in [-0.3, -0.25) is 14.3 Å². The molecule has 0 atom stereocenters. The van der Waals surface area contributed by atoms with Crippen molar-refractivity contribution in [2.24, 2.45) is 0 Å². The van der Waals surface area contributed by atoms with Crippen molar-refractivity contribution in [2.45, 2.75) is 81.5 Å². The van der Waals surface area contributed by atoms with Gasteiger partial charge in [0.05, 0.1) is 18.3 Å². The summed E-state index contributed by atoms with van der Waals surface area (Å²) in [4.78, 5) is 13.9. The number of nitrogens with one attached hydrogen (secondary N) is 1. The van der Waals surface area contributed by atoms with Crippen molar-refractivity contribution < 1.29 is 49.8 Å². The Morgan fingerprint density at radius 2 is 1.53 bits per heavy atom. The van der Waals surface area contributed by atoms with Gasteiger partial charge >= 0.3 is 18.7 Å². The quantitative estimate of drug-likeness (QED) is 0.542. The molecule has 3 fully saturated rings. The van der Waals surface area contributed by atoms with E-state index in [-0.39, 0.29) is 62.1 Å². The molecule has 1 N–H and O–H groups in total. The predicted octanol–water partition coefficient (Wildman–Crippen LogP) is 3.02. The van der Waals surface area contributed by atoms with Crippen molar-refractivity contribution in [1.82, 2.24) is 15.5 Å². The van der Waals surface area contributed by atoms with E-state index in [0.29, 0.717) is 25.9 Å². The second-order valence-corrected chi connectivity index (χ2v) is 8.70. The number of halogens is 6. The maximum absolute atomic E-state index is 12.2. The Hall–Kier alpha value is -2.13. The van der Waals surface area contributed by atoms with Crippen LogP contribution in [0.15, 0.2) is 4.42 Å². The highest BCUT2D eigenvalue weighted by Gasteiger charge is 2.43. The van der Waals surface area contributed by atoms with Gasteiger partial charge < -0.3 is 19.4 Å². The van der Waals surface area contributed by atoms with E-state index in [1.807, 2.05) is 4.90 Å². The van der Waals surface area contributed by atoms with E-state index in [4.69, 9.17) is 9.15 Å². The summed E-state index contributed by atoms with van der Waals surface area (Å²) in [5.41, 5.74) is 0. The fourth-order valence-electron chi connectivity index (χ4n) is 4.19. The zero-order chi connectivity index (χ0) is 24.5. The van der Waals surface area contributed by atoms with E-state index in [0.717, 1.165) is 0 Å². The Kier molecular flexibility index (Phi) is 7.24. The van der Waals surface area contributed by atoms with Gasteiger partial charge in [0.15, 0.2) is 0 Å². The number of alkyl halides is 6. The monoisotopic (exact) mass is 502 g/mol. The molecule has 0 spiro atoms. The Morgan fingerprint density at radius 1 is 0.941 bits per heavy atom. The first-order valence-electron chi connectivity index (χ1n) is 10.9. The molecule has 1 amide bonds. The molecule has 34 heavy (non-hydrogen) atoms. The molecule has 4 rings (SSSR count). The van der Waals surface area contributed by atoms with Crippen LogP contribution in [0.5, 0.6) is 0 Å². The summed E-state index contributed by atoms with van der Waals surface area (Å²) in [5, 5.41) is 10.8. The van der Waals surface area contributed by atoms with Crippen molar-refractivity contribution in [3.05, 3.63) is 5.89 Å². The maximum Gasteiger partial charge on any atom is 0.522 e. The summed E-state index contributed by atoms with van der Waals surface area (Å²) in [5.74, 6) is -0.334. The number of hydrogen-bond donors (Lipinski definition) is 1. The van der Waals surface area contributed by atoms with Gasteiger partial charge in [0.1, 0.15) is 6.61 Å². The van der Waals surface area contributed by atoms with Gasteiger partial charge in [0, 0.05) is 37.9 Å². The van der Waals surface area contributed by atoms with Crippen molar-refractivity contribution in [3.8, 4) is 0 Å². The van der Waals surface area contributed by atoms with Gasteiger partial charge in [-0.15, -0.1) is 31.4 Å². The Labute approximate surface area is 190 Å². The van der Waals surface area contributed by atoms with Gasteiger partial charge in [-0.1, -0.05) is 5.10 Å². The lowest BCUT2D eigenvalue weighted by Gasteiger charge is -2.35. The second-order valence-electron chi connectivity index (χ2n) is 8.70. The number of carbonyl (C=O) groups is 1. The molecule has 0 radical (unpaired) electrons. The van der Waals surface area contributed by atoms with Crippen molar-refractivity contribution in [1.29, 1.82) is 0 Å². The molecule has 192 valence electrons. The normalized spacial score (nSPS) is 28.4. The lowest BCUT2D eigenvalue weighted by molar-refractivity contribution is -0.357. The molecule has 15 heteroatoms.